The monoisotopic (exact) mass is 452 g/mol. The minimum Gasteiger partial charge on any atom is -0.318 e. The van der Waals surface area contributed by atoms with Crippen molar-refractivity contribution >= 4 is 15.5 Å². The summed E-state index contributed by atoms with van der Waals surface area (Å²) in [6.45, 7) is 3.64. The zero-order valence-corrected chi connectivity index (χ0v) is 19.1. The summed E-state index contributed by atoms with van der Waals surface area (Å²) in [5.41, 5.74) is 5.31. The van der Waals surface area contributed by atoms with Crippen LogP contribution in [0.4, 0.5) is 4.39 Å². The fraction of sp³-hybridized carbons (Fsp3) is 0.280. The van der Waals surface area contributed by atoms with Crippen LogP contribution >= 0.6 is 0 Å². The van der Waals surface area contributed by atoms with Crippen LogP contribution in [0.3, 0.4) is 0 Å². The molecule has 166 valence electrons. The number of hydrogen-bond donors (Lipinski definition) is 0. The third-order valence-corrected chi connectivity index (χ3v) is 7.52. The van der Waals surface area contributed by atoms with E-state index < -0.39 is 9.84 Å². The zero-order valence-electron chi connectivity index (χ0n) is 18.3. The summed E-state index contributed by atoms with van der Waals surface area (Å²) < 4.78 is 39.6. The van der Waals surface area contributed by atoms with Gasteiger partial charge in [0.05, 0.1) is 17.5 Å². The molecule has 0 aliphatic carbocycles. The first-order valence-electron chi connectivity index (χ1n) is 10.6. The zero-order chi connectivity index (χ0) is 23.0. The lowest BCUT2D eigenvalue weighted by atomic mass is 9.90. The highest BCUT2D eigenvalue weighted by molar-refractivity contribution is 7.90. The molecule has 2 heterocycles. The van der Waals surface area contributed by atoms with Crippen LogP contribution in [-0.4, -0.2) is 24.4 Å². The van der Waals surface area contributed by atoms with Gasteiger partial charge in [-0.3, -0.25) is 9.79 Å². The Balaban J connectivity index is 2.02. The molecule has 0 fully saturated rings. The molecule has 32 heavy (non-hydrogen) atoms. The number of rotatable bonds is 5. The van der Waals surface area contributed by atoms with E-state index >= 15 is 0 Å². The lowest BCUT2D eigenvalue weighted by molar-refractivity contribution is 0.596. The third-order valence-electron chi connectivity index (χ3n) is 5.86. The van der Waals surface area contributed by atoms with Crippen molar-refractivity contribution in [2.75, 3.05) is 5.75 Å². The predicted molar refractivity (Wildman–Crippen MR) is 125 cm³/mol. The van der Waals surface area contributed by atoms with E-state index in [1.54, 1.807) is 44.4 Å². The van der Waals surface area contributed by atoms with Gasteiger partial charge in [0.1, 0.15) is 5.82 Å². The Morgan fingerprint density at radius 3 is 2.38 bits per heavy atom. The fourth-order valence-electron chi connectivity index (χ4n) is 4.06. The normalized spacial score (nSPS) is 15.5. The van der Waals surface area contributed by atoms with E-state index in [9.17, 15) is 17.6 Å². The Labute approximate surface area is 187 Å². The van der Waals surface area contributed by atoms with E-state index in [1.807, 2.05) is 19.1 Å². The van der Waals surface area contributed by atoms with Gasteiger partial charge in [0.2, 0.25) is 0 Å². The van der Waals surface area contributed by atoms with Gasteiger partial charge in [-0.1, -0.05) is 26.0 Å². The summed E-state index contributed by atoms with van der Waals surface area (Å²) in [4.78, 5) is 17.4. The predicted octanol–water partition coefficient (Wildman–Crippen LogP) is 4.43. The number of aryl methyl sites for hydroxylation is 1. The van der Waals surface area contributed by atoms with Crippen molar-refractivity contribution in [3.63, 3.8) is 0 Å². The number of halogens is 1. The van der Waals surface area contributed by atoms with Crippen LogP contribution in [0.25, 0.3) is 11.1 Å². The van der Waals surface area contributed by atoms with Crippen LogP contribution < -0.4 is 5.56 Å². The number of fused-ring (bicyclic) bond motifs is 3. The largest absolute Gasteiger partial charge is 0.318 e. The van der Waals surface area contributed by atoms with Crippen LogP contribution in [-0.2, 0) is 22.6 Å². The lowest BCUT2D eigenvalue weighted by Crippen LogP contribution is -2.17. The maximum atomic E-state index is 13.6. The fourth-order valence-corrected chi connectivity index (χ4v) is 4.95. The highest BCUT2D eigenvalue weighted by atomic mass is 32.2. The second-order valence-corrected chi connectivity index (χ2v) is 10.4. The summed E-state index contributed by atoms with van der Waals surface area (Å²) in [6.07, 6.45) is 2.47. The van der Waals surface area contributed by atoms with Crippen LogP contribution in [0.1, 0.15) is 48.6 Å². The van der Waals surface area contributed by atoms with Gasteiger partial charge in [-0.05, 0) is 53.4 Å². The molecule has 0 unspecified atom stereocenters. The van der Waals surface area contributed by atoms with Crippen LogP contribution in [0, 0.1) is 5.82 Å². The number of pyridine rings is 1. The molecule has 1 atom stereocenters. The molecule has 1 aliphatic rings. The molecule has 1 aromatic heterocycles. The number of nitrogens with zero attached hydrogens (tertiary/aromatic N) is 2. The van der Waals surface area contributed by atoms with E-state index in [2.05, 4.69) is 0 Å². The van der Waals surface area contributed by atoms with Gasteiger partial charge in [0.15, 0.2) is 9.84 Å². The molecule has 7 heteroatoms. The van der Waals surface area contributed by atoms with Crippen molar-refractivity contribution in [3.8, 4) is 11.1 Å². The molecular weight excluding hydrogens is 427 g/mol. The molecule has 4 rings (SSSR count). The third kappa shape index (κ3) is 4.17. The molecule has 5 nitrogen and oxygen atoms in total. The number of aliphatic imine (C=N–C) groups is 1. The molecule has 0 N–H and O–H groups in total. The Morgan fingerprint density at radius 1 is 1.00 bits per heavy atom. The highest BCUT2D eigenvalue weighted by Crippen LogP contribution is 2.38. The van der Waals surface area contributed by atoms with Crippen molar-refractivity contribution in [2.45, 2.75) is 32.1 Å². The van der Waals surface area contributed by atoms with Crippen LogP contribution in [0.15, 0.2) is 64.5 Å². The van der Waals surface area contributed by atoms with Crippen molar-refractivity contribution in [1.29, 1.82) is 0 Å². The van der Waals surface area contributed by atoms with Gasteiger partial charge in [0, 0.05) is 41.8 Å². The van der Waals surface area contributed by atoms with Crippen molar-refractivity contribution in [2.24, 2.45) is 12.0 Å². The quantitative estimate of drug-likeness (QED) is 0.575. The van der Waals surface area contributed by atoms with Crippen molar-refractivity contribution in [3.05, 3.63) is 93.2 Å². The first-order valence-corrected chi connectivity index (χ1v) is 12.4. The smallest absolute Gasteiger partial charge is 0.250 e. The molecule has 0 saturated heterocycles. The molecule has 3 aromatic rings. The number of aromatic nitrogens is 1. The van der Waals surface area contributed by atoms with Gasteiger partial charge in [-0.25, -0.2) is 12.8 Å². The molecular formula is C25H25FN2O3S. The standard InChI is InChI=1S/C25H25FN2O3S/c1-4-23-21-13-24(29)28(3)14-22(21)20-12-16(15-32(30,31)5-2)6-11-19(20)25(27-23)17-7-9-18(26)10-8-17/h6-14,23H,4-5,15H2,1-3H3/t23-/m0/s1. The summed E-state index contributed by atoms with van der Waals surface area (Å²) in [5.74, 6) is -0.324. The Morgan fingerprint density at radius 2 is 1.72 bits per heavy atom. The molecule has 2 aromatic carbocycles. The molecule has 0 bridgehead atoms. The second kappa shape index (κ2) is 8.47. The van der Waals surface area contributed by atoms with E-state index in [1.165, 1.54) is 16.7 Å². The molecule has 0 spiro atoms. The minimum absolute atomic E-state index is 0.0574. The SMILES string of the molecule is CC[C@@H]1N=C(c2ccc(F)cc2)c2ccc(CS(=O)(=O)CC)cc2-c2cn(C)c(=O)cc21. The summed E-state index contributed by atoms with van der Waals surface area (Å²) in [5, 5.41) is 0. The number of sulfone groups is 1. The van der Waals surface area contributed by atoms with Crippen molar-refractivity contribution < 1.29 is 12.8 Å². The first kappa shape index (κ1) is 22.1. The van der Waals surface area contributed by atoms with Gasteiger partial charge in [-0.15, -0.1) is 0 Å². The van der Waals surface area contributed by atoms with Gasteiger partial charge >= 0.3 is 0 Å². The maximum Gasteiger partial charge on any atom is 0.250 e. The number of benzene rings is 2. The topological polar surface area (TPSA) is 68.5 Å². The minimum atomic E-state index is -3.21. The Bertz CT molecular complexity index is 1370. The maximum absolute atomic E-state index is 13.6. The summed E-state index contributed by atoms with van der Waals surface area (Å²) >= 11 is 0. The number of hydrogen-bond acceptors (Lipinski definition) is 4. The van der Waals surface area contributed by atoms with E-state index in [0.29, 0.717) is 17.7 Å². The average molecular weight is 453 g/mol. The van der Waals surface area contributed by atoms with E-state index in [-0.39, 0.29) is 28.9 Å². The molecule has 0 amide bonds. The summed E-state index contributed by atoms with van der Waals surface area (Å²) in [6, 6.07) is 13.1. The molecule has 0 saturated carbocycles. The lowest BCUT2D eigenvalue weighted by Gasteiger charge is -2.15. The van der Waals surface area contributed by atoms with E-state index in [0.717, 1.165) is 27.8 Å². The van der Waals surface area contributed by atoms with Crippen LogP contribution in [0.5, 0.6) is 0 Å². The summed E-state index contributed by atoms with van der Waals surface area (Å²) in [7, 11) is -1.52. The molecule has 0 radical (unpaired) electrons. The van der Waals surface area contributed by atoms with Gasteiger partial charge in [-0.2, -0.15) is 0 Å². The Kier molecular flexibility index (Phi) is 5.86. The Hall–Kier alpha value is -3.06. The second-order valence-electron chi connectivity index (χ2n) is 8.06. The first-order chi connectivity index (χ1) is 15.2. The van der Waals surface area contributed by atoms with Gasteiger partial charge in [0.25, 0.3) is 5.56 Å². The molecule has 1 aliphatic heterocycles. The van der Waals surface area contributed by atoms with E-state index in [4.69, 9.17) is 4.99 Å². The van der Waals surface area contributed by atoms with Gasteiger partial charge < -0.3 is 4.57 Å². The average Bonchev–Trinajstić information content (AvgIpc) is 2.89. The van der Waals surface area contributed by atoms with Crippen molar-refractivity contribution in [1.82, 2.24) is 4.57 Å². The van der Waals surface area contributed by atoms with Crippen LogP contribution in [0.2, 0.25) is 0 Å². The highest BCUT2D eigenvalue weighted by Gasteiger charge is 2.26.